The molecular formula is C24H24FNO3S. The molecule has 3 aromatic rings. The van der Waals surface area contributed by atoms with Crippen molar-refractivity contribution in [3.05, 3.63) is 89.2 Å². The van der Waals surface area contributed by atoms with Gasteiger partial charge in [0.1, 0.15) is 5.82 Å². The van der Waals surface area contributed by atoms with Crippen molar-refractivity contribution in [1.82, 2.24) is 4.72 Å². The molecule has 0 aliphatic heterocycles. The van der Waals surface area contributed by atoms with Crippen molar-refractivity contribution in [2.24, 2.45) is 0 Å². The zero-order chi connectivity index (χ0) is 21.9. The third kappa shape index (κ3) is 4.83. The summed E-state index contributed by atoms with van der Waals surface area (Å²) in [6.07, 6.45) is 0. The van der Waals surface area contributed by atoms with Crippen LogP contribution in [0.2, 0.25) is 0 Å². The predicted molar refractivity (Wildman–Crippen MR) is 117 cm³/mol. The van der Waals surface area contributed by atoms with Crippen molar-refractivity contribution in [2.75, 3.05) is 6.54 Å². The topological polar surface area (TPSA) is 63.2 Å². The van der Waals surface area contributed by atoms with Gasteiger partial charge < -0.3 is 0 Å². The highest BCUT2D eigenvalue weighted by atomic mass is 32.2. The summed E-state index contributed by atoms with van der Waals surface area (Å²) in [6, 6.07) is 19.0. The van der Waals surface area contributed by atoms with Gasteiger partial charge in [-0.1, -0.05) is 56.3 Å². The van der Waals surface area contributed by atoms with Crippen molar-refractivity contribution < 1.29 is 17.6 Å². The molecule has 0 saturated carbocycles. The number of nitrogens with one attached hydrogen (secondary N) is 1. The molecule has 0 amide bonds. The van der Waals surface area contributed by atoms with Crippen LogP contribution < -0.4 is 4.72 Å². The average Bonchev–Trinajstić information content (AvgIpc) is 2.74. The number of carbonyl (C=O) groups excluding carboxylic acids is 1. The lowest BCUT2D eigenvalue weighted by molar-refractivity contribution is 0.0993. The molecule has 1 N–H and O–H groups in total. The Hall–Kier alpha value is -2.83. The summed E-state index contributed by atoms with van der Waals surface area (Å²) in [6.45, 7) is 4.99. The highest BCUT2D eigenvalue weighted by Gasteiger charge is 2.20. The molecule has 0 atom stereocenters. The Morgan fingerprint density at radius 2 is 1.67 bits per heavy atom. The molecule has 4 nitrogen and oxygen atoms in total. The van der Waals surface area contributed by atoms with E-state index in [0.29, 0.717) is 11.1 Å². The quantitative estimate of drug-likeness (QED) is 0.537. The molecule has 0 aliphatic rings. The van der Waals surface area contributed by atoms with E-state index < -0.39 is 28.2 Å². The van der Waals surface area contributed by atoms with E-state index >= 15 is 0 Å². The van der Waals surface area contributed by atoms with Crippen molar-refractivity contribution in [3.8, 4) is 11.1 Å². The maximum atomic E-state index is 14.6. The van der Waals surface area contributed by atoms with Crippen molar-refractivity contribution in [3.63, 3.8) is 0 Å². The SMILES string of the molecule is Cc1cc(-c2ccccc2)cc(C(=O)CNS(=O)(=O)c2cccc(C(C)C)c2)c1F. The number of benzene rings is 3. The summed E-state index contributed by atoms with van der Waals surface area (Å²) in [5, 5.41) is 0. The molecule has 0 aromatic heterocycles. The van der Waals surface area contributed by atoms with E-state index in [0.717, 1.165) is 11.1 Å². The van der Waals surface area contributed by atoms with Gasteiger partial charge in [0.15, 0.2) is 5.78 Å². The molecule has 0 radical (unpaired) electrons. The molecule has 0 bridgehead atoms. The van der Waals surface area contributed by atoms with E-state index in [1.807, 2.05) is 50.2 Å². The van der Waals surface area contributed by atoms with Gasteiger partial charge in [0, 0.05) is 0 Å². The van der Waals surface area contributed by atoms with Gasteiger partial charge in [-0.15, -0.1) is 0 Å². The number of hydrogen-bond donors (Lipinski definition) is 1. The molecule has 0 fully saturated rings. The van der Waals surface area contributed by atoms with E-state index in [-0.39, 0.29) is 16.4 Å². The Morgan fingerprint density at radius 3 is 2.33 bits per heavy atom. The molecule has 30 heavy (non-hydrogen) atoms. The number of aryl methyl sites for hydroxylation is 1. The summed E-state index contributed by atoms with van der Waals surface area (Å²) >= 11 is 0. The molecule has 0 unspecified atom stereocenters. The smallest absolute Gasteiger partial charge is 0.240 e. The van der Waals surface area contributed by atoms with E-state index in [2.05, 4.69) is 4.72 Å². The zero-order valence-electron chi connectivity index (χ0n) is 17.1. The monoisotopic (exact) mass is 425 g/mol. The zero-order valence-corrected chi connectivity index (χ0v) is 18.0. The standard InChI is InChI=1S/C24H24FNO3S/c1-16(2)19-10-7-11-21(13-19)30(28,29)26-15-23(27)22-14-20(12-17(3)24(22)25)18-8-5-4-6-9-18/h4-14,16,26H,15H2,1-3H3. The minimum absolute atomic E-state index is 0.0798. The van der Waals surface area contributed by atoms with E-state index in [9.17, 15) is 17.6 Å². The summed E-state index contributed by atoms with van der Waals surface area (Å²) < 4.78 is 42.2. The minimum Gasteiger partial charge on any atom is -0.293 e. The lowest BCUT2D eigenvalue weighted by Crippen LogP contribution is -2.30. The van der Waals surface area contributed by atoms with Gasteiger partial charge in [-0.25, -0.2) is 17.5 Å². The van der Waals surface area contributed by atoms with Crippen LogP contribution in [-0.2, 0) is 10.0 Å². The minimum atomic E-state index is -3.90. The van der Waals surface area contributed by atoms with E-state index in [1.165, 1.54) is 12.1 Å². The van der Waals surface area contributed by atoms with Crippen LogP contribution in [0.5, 0.6) is 0 Å². The number of hydrogen-bond acceptors (Lipinski definition) is 3. The Balaban J connectivity index is 1.84. The van der Waals surface area contributed by atoms with Gasteiger partial charge in [0.2, 0.25) is 10.0 Å². The first kappa shape index (κ1) is 21.9. The Kier molecular flexibility index (Phi) is 6.48. The second kappa shape index (κ2) is 8.90. The molecular weight excluding hydrogens is 401 g/mol. The van der Waals surface area contributed by atoms with E-state index in [1.54, 1.807) is 25.1 Å². The number of carbonyl (C=O) groups is 1. The van der Waals surface area contributed by atoms with Crippen LogP contribution in [0, 0.1) is 12.7 Å². The highest BCUT2D eigenvalue weighted by Crippen LogP contribution is 2.25. The molecule has 0 aliphatic carbocycles. The molecule has 6 heteroatoms. The van der Waals surface area contributed by atoms with Gasteiger partial charge in [-0.05, 0) is 59.4 Å². The average molecular weight is 426 g/mol. The van der Waals surface area contributed by atoms with Crippen molar-refractivity contribution >= 4 is 15.8 Å². The molecule has 156 valence electrons. The van der Waals surface area contributed by atoms with Crippen molar-refractivity contribution in [2.45, 2.75) is 31.6 Å². The van der Waals surface area contributed by atoms with Crippen LogP contribution >= 0.6 is 0 Å². The fraction of sp³-hybridized carbons (Fsp3) is 0.208. The van der Waals surface area contributed by atoms with Crippen molar-refractivity contribution in [1.29, 1.82) is 0 Å². The molecule has 3 rings (SSSR count). The normalized spacial score (nSPS) is 11.6. The Labute approximate surface area is 176 Å². The first-order chi connectivity index (χ1) is 14.2. The number of rotatable bonds is 7. The summed E-state index contributed by atoms with van der Waals surface area (Å²) in [4.78, 5) is 12.8. The van der Waals surface area contributed by atoms with Gasteiger partial charge in [-0.2, -0.15) is 0 Å². The van der Waals surface area contributed by atoms with Crippen LogP contribution in [0.15, 0.2) is 71.6 Å². The molecule has 0 spiro atoms. The van der Waals surface area contributed by atoms with E-state index in [4.69, 9.17) is 0 Å². The Morgan fingerprint density at radius 1 is 0.967 bits per heavy atom. The number of Topliss-reactive ketones (excluding diaryl/α,β-unsaturated/α-hetero) is 1. The second-order valence-corrected chi connectivity index (χ2v) is 9.26. The molecule has 0 heterocycles. The third-order valence-electron chi connectivity index (χ3n) is 4.92. The first-order valence-electron chi connectivity index (χ1n) is 9.67. The van der Waals surface area contributed by atoms with Gasteiger partial charge >= 0.3 is 0 Å². The van der Waals surface area contributed by atoms with Gasteiger partial charge in [0.25, 0.3) is 0 Å². The Bertz CT molecular complexity index is 1170. The lowest BCUT2D eigenvalue weighted by Gasteiger charge is -2.12. The second-order valence-electron chi connectivity index (χ2n) is 7.50. The fourth-order valence-electron chi connectivity index (χ4n) is 3.15. The maximum Gasteiger partial charge on any atom is 0.240 e. The van der Waals surface area contributed by atoms with Crippen LogP contribution in [-0.4, -0.2) is 20.7 Å². The first-order valence-corrected chi connectivity index (χ1v) is 11.2. The summed E-state index contributed by atoms with van der Waals surface area (Å²) in [5.74, 6) is -1.10. The van der Waals surface area contributed by atoms with Crippen LogP contribution in [0.25, 0.3) is 11.1 Å². The van der Waals surface area contributed by atoms with Crippen LogP contribution in [0.3, 0.4) is 0 Å². The predicted octanol–water partition coefficient (Wildman–Crippen LogP) is 5.09. The number of ketones is 1. The largest absolute Gasteiger partial charge is 0.293 e. The van der Waals surface area contributed by atoms with Gasteiger partial charge in [0.05, 0.1) is 17.0 Å². The van der Waals surface area contributed by atoms with Crippen LogP contribution in [0.4, 0.5) is 4.39 Å². The highest BCUT2D eigenvalue weighted by molar-refractivity contribution is 7.89. The maximum absolute atomic E-state index is 14.6. The number of halogens is 1. The van der Waals surface area contributed by atoms with Gasteiger partial charge in [-0.3, -0.25) is 4.79 Å². The number of sulfonamides is 1. The molecule has 0 saturated heterocycles. The molecule has 3 aromatic carbocycles. The lowest BCUT2D eigenvalue weighted by atomic mass is 9.98. The third-order valence-corrected chi connectivity index (χ3v) is 6.32. The fourth-order valence-corrected chi connectivity index (χ4v) is 4.19. The summed E-state index contributed by atoms with van der Waals surface area (Å²) in [7, 11) is -3.90. The summed E-state index contributed by atoms with van der Waals surface area (Å²) in [5.41, 5.74) is 2.62. The van der Waals surface area contributed by atoms with Crippen LogP contribution in [0.1, 0.15) is 41.3 Å².